The summed E-state index contributed by atoms with van der Waals surface area (Å²) in [5.41, 5.74) is -0.604. The fraction of sp³-hybridized carbons (Fsp3) is 0.226. The summed E-state index contributed by atoms with van der Waals surface area (Å²) in [6.07, 6.45) is 0.890. The Morgan fingerprint density at radius 2 is 1.00 bits per heavy atom. The third kappa shape index (κ3) is 4.86. The Balaban J connectivity index is 1.81. The summed E-state index contributed by atoms with van der Waals surface area (Å²) in [5.74, 6) is 0. The van der Waals surface area contributed by atoms with E-state index >= 15 is 0 Å². The number of aliphatic hydroxyl groups excluding tert-OH is 1. The van der Waals surface area contributed by atoms with Crippen LogP contribution in [0.25, 0.3) is 0 Å². The second-order valence-electron chi connectivity index (χ2n) is 10.2. The van der Waals surface area contributed by atoms with E-state index in [1.807, 2.05) is 72.8 Å². The third-order valence-corrected chi connectivity index (χ3v) is 16.5. The molecule has 1 unspecified atom stereocenters. The third-order valence-electron chi connectivity index (χ3n) is 7.21. The van der Waals surface area contributed by atoms with Crippen molar-refractivity contribution in [2.45, 2.75) is 38.0 Å². The molecular formula is C31H35O2PSi. The molecule has 4 aromatic carbocycles. The van der Waals surface area contributed by atoms with Gasteiger partial charge in [0.25, 0.3) is 0 Å². The molecule has 0 fully saturated rings. The van der Waals surface area contributed by atoms with Crippen LogP contribution in [0, 0.1) is 0 Å². The van der Waals surface area contributed by atoms with Crippen LogP contribution < -0.4 is 21.0 Å². The van der Waals surface area contributed by atoms with Crippen molar-refractivity contribution < 1.29 is 9.67 Å². The van der Waals surface area contributed by atoms with Gasteiger partial charge in [-0.25, -0.2) is 0 Å². The number of rotatable bonds is 8. The maximum absolute atomic E-state index is 14.7. The molecule has 4 rings (SSSR count). The Kier molecular flexibility index (Phi) is 7.61. The molecule has 0 heterocycles. The van der Waals surface area contributed by atoms with Crippen LogP contribution >= 0.6 is 7.14 Å². The average molecular weight is 499 g/mol. The van der Waals surface area contributed by atoms with E-state index in [1.54, 1.807) is 0 Å². The zero-order valence-electron chi connectivity index (χ0n) is 20.8. The van der Waals surface area contributed by atoms with E-state index < -0.39 is 20.9 Å². The fourth-order valence-corrected chi connectivity index (χ4v) is 14.4. The number of hydrogen-bond donors (Lipinski definition) is 1. The highest BCUT2D eigenvalue weighted by Crippen LogP contribution is 2.46. The Morgan fingerprint density at radius 1 is 0.657 bits per heavy atom. The molecule has 0 aliphatic heterocycles. The molecule has 35 heavy (non-hydrogen) atoms. The predicted molar refractivity (Wildman–Crippen MR) is 153 cm³/mol. The van der Waals surface area contributed by atoms with Crippen LogP contribution in [0.1, 0.15) is 27.2 Å². The van der Waals surface area contributed by atoms with E-state index in [9.17, 15) is 9.67 Å². The van der Waals surface area contributed by atoms with E-state index in [1.165, 1.54) is 10.4 Å². The predicted octanol–water partition coefficient (Wildman–Crippen LogP) is 5.35. The SMILES string of the molecule is CC(C)(C)[Si](c1ccccc1)(c1ccccc1)C(O)CCP(=O)(c1ccccc1)c1ccccc1. The molecule has 4 aromatic rings. The van der Waals surface area contributed by atoms with Crippen LogP contribution in [-0.2, 0) is 4.57 Å². The smallest absolute Gasteiger partial charge is 0.153 e. The van der Waals surface area contributed by atoms with E-state index in [-0.39, 0.29) is 5.04 Å². The average Bonchev–Trinajstić information content (AvgIpc) is 2.89. The Bertz CT molecular complexity index is 1170. The van der Waals surface area contributed by atoms with Gasteiger partial charge in [0.05, 0.1) is 5.73 Å². The minimum absolute atomic E-state index is 0.168. The van der Waals surface area contributed by atoms with E-state index in [4.69, 9.17) is 0 Å². The molecule has 0 radical (unpaired) electrons. The van der Waals surface area contributed by atoms with Gasteiger partial charge in [0, 0.05) is 16.8 Å². The molecule has 0 saturated heterocycles. The number of benzene rings is 4. The van der Waals surface area contributed by atoms with Crippen LogP contribution in [0.4, 0.5) is 0 Å². The number of hydrogen-bond acceptors (Lipinski definition) is 2. The van der Waals surface area contributed by atoms with Crippen molar-refractivity contribution in [2.24, 2.45) is 0 Å². The normalized spacial score (nSPS) is 13.4. The topological polar surface area (TPSA) is 37.3 Å². The van der Waals surface area contributed by atoms with Gasteiger partial charge in [-0.05, 0) is 11.5 Å². The van der Waals surface area contributed by atoms with Crippen LogP contribution in [0.2, 0.25) is 5.04 Å². The molecule has 2 nitrogen and oxygen atoms in total. The standard InChI is InChI=1S/C31H35O2PSi/c1-31(2,3)35(28-20-12-6-13-21-28,29-22-14-7-15-23-29)30(32)24-25-34(33,26-16-8-4-9-17-26)27-18-10-5-11-19-27/h4-23,30,32H,24-25H2,1-3H3. The highest BCUT2D eigenvalue weighted by atomic mass is 31.2. The van der Waals surface area contributed by atoms with Gasteiger partial charge in [0.1, 0.15) is 7.14 Å². The molecule has 1 N–H and O–H groups in total. The molecular weight excluding hydrogens is 463 g/mol. The second kappa shape index (κ2) is 10.5. The summed E-state index contributed by atoms with van der Waals surface area (Å²) in [4.78, 5) is 0. The van der Waals surface area contributed by atoms with Crippen LogP contribution in [0.15, 0.2) is 121 Å². The van der Waals surface area contributed by atoms with Crippen molar-refractivity contribution in [3.63, 3.8) is 0 Å². The first-order valence-corrected chi connectivity index (χ1v) is 16.3. The molecule has 180 valence electrons. The lowest BCUT2D eigenvalue weighted by Crippen LogP contribution is -2.71. The van der Waals surface area contributed by atoms with Crippen molar-refractivity contribution in [2.75, 3.05) is 6.16 Å². The zero-order chi connectivity index (χ0) is 24.9. The molecule has 0 aliphatic carbocycles. The first kappa shape index (κ1) is 25.4. The fourth-order valence-electron chi connectivity index (χ4n) is 5.58. The molecule has 1 atom stereocenters. The van der Waals surface area contributed by atoms with Gasteiger partial charge >= 0.3 is 0 Å². The van der Waals surface area contributed by atoms with Crippen molar-refractivity contribution in [1.82, 2.24) is 0 Å². The van der Waals surface area contributed by atoms with Gasteiger partial charge in [0.15, 0.2) is 8.07 Å². The maximum Gasteiger partial charge on any atom is 0.153 e. The van der Waals surface area contributed by atoms with Crippen molar-refractivity contribution in [3.8, 4) is 0 Å². The van der Waals surface area contributed by atoms with Crippen molar-refractivity contribution in [3.05, 3.63) is 121 Å². The number of aliphatic hydroxyl groups is 1. The van der Waals surface area contributed by atoms with Crippen LogP contribution in [0.5, 0.6) is 0 Å². The lowest BCUT2D eigenvalue weighted by atomic mass is 10.2. The minimum atomic E-state index is -2.92. The molecule has 4 heteroatoms. The Hall–Kier alpha value is -2.71. The van der Waals surface area contributed by atoms with Gasteiger partial charge in [-0.2, -0.15) is 0 Å². The molecule has 0 aromatic heterocycles. The first-order valence-electron chi connectivity index (χ1n) is 12.3. The molecule has 0 aliphatic rings. The minimum Gasteiger partial charge on any atom is -0.396 e. The van der Waals surface area contributed by atoms with Gasteiger partial charge in [-0.1, -0.05) is 152 Å². The summed E-state index contributed by atoms with van der Waals surface area (Å²) in [7, 11) is -5.64. The van der Waals surface area contributed by atoms with Gasteiger partial charge < -0.3 is 9.67 Å². The van der Waals surface area contributed by atoms with Crippen molar-refractivity contribution >= 4 is 36.2 Å². The van der Waals surface area contributed by atoms with Crippen molar-refractivity contribution in [1.29, 1.82) is 0 Å². The largest absolute Gasteiger partial charge is 0.396 e. The van der Waals surface area contributed by atoms with Gasteiger partial charge in [-0.15, -0.1) is 0 Å². The maximum atomic E-state index is 14.7. The van der Waals surface area contributed by atoms with Gasteiger partial charge in [0.2, 0.25) is 0 Å². The lowest BCUT2D eigenvalue weighted by molar-refractivity contribution is 0.237. The second-order valence-corrected chi connectivity index (χ2v) is 18.1. The van der Waals surface area contributed by atoms with E-state index in [2.05, 4.69) is 69.3 Å². The molecule has 0 spiro atoms. The summed E-state index contributed by atoms with van der Waals surface area (Å²) >= 11 is 0. The van der Waals surface area contributed by atoms with E-state index in [0.717, 1.165) is 10.6 Å². The molecule has 0 bridgehead atoms. The Morgan fingerprint density at radius 3 is 1.34 bits per heavy atom. The van der Waals surface area contributed by atoms with Crippen LogP contribution in [-0.4, -0.2) is 25.1 Å². The van der Waals surface area contributed by atoms with E-state index in [0.29, 0.717) is 12.6 Å². The lowest BCUT2D eigenvalue weighted by Gasteiger charge is -2.47. The highest BCUT2D eigenvalue weighted by molar-refractivity contribution is 7.78. The van der Waals surface area contributed by atoms with Crippen LogP contribution in [0.3, 0.4) is 0 Å². The highest BCUT2D eigenvalue weighted by Gasteiger charge is 2.53. The molecule has 0 amide bonds. The zero-order valence-corrected chi connectivity index (χ0v) is 22.7. The monoisotopic (exact) mass is 498 g/mol. The summed E-state index contributed by atoms with van der Waals surface area (Å²) in [5, 5.41) is 16.1. The Labute approximate surface area is 211 Å². The summed E-state index contributed by atoms with van der Waals surface area (Å²) in [6, 6.07) is 40.5. The summed E-state index contributed by atoms with van der Waals surface area (Å²) < 4.78 is 14.7. The quantitative estimate of drug-likeness (QED) is 0.263. The summed E-state index contributed by atoms with van der Waals surface area (Å²) in [6.45, 7) is 6.74. The molecule has 0 saturated carbocycles. The van der Waals surface area contributed by atoms with Gasteiger partial charge in [-0.3, -0.25) is 0 Å². The first-order chi connectivity index (χ1) is 16.8.